The van der Waals surface area contributed by atoms with Crippen molar-refractivity contribution in [3.63, 3.8) is 0 Å². The predicted octanol–water partition coefficient (Wildman–Crippen LogP) is 7.20. The molecule has 10 heteroatoms. The Morgan fingerprint density at radius 2 is 1.87 bits per heavy atom. The number of hydrogen-bond acceptors (Lipinski definition) is 6. The largest absolute Gasteiger partial charge is 0.487 e. The highest BCUT2D eigenvalue weighted by Crippen LogP contribution is 2.35. The van der Waals surface area contributed by atoms with Crippen LogP contribution in [0.4, 0.5) is 13.2 Å². The molecule has 0 atom stereocenters. The fourth-order valence-electron chi connectivity index (χ4n) is 4.19. The van der Waals surface area contributed by atoms with Crippen LogP contribution in [0.2, 0.25) is 0 Å². The van der Waals surface area contributed by atoms with Crippen molar-refractivity contribution >= 4 is 22.2 Å². The number of para-hydroxylation sites is 1. The molecule has 4 heterocycles. The summed E-state index contributed by atoms with van der Waals surface area (Å²) in [7, 11) is 0. The lowest BCUT2D eigenvalue weighted by molar-refractivity contribution is -0.138. The van der Waals surface area contributed by atoms with E-state index in [1.54, 1.807) is 17.8 Å². The first-order chi connectivity index (χ1) is 18.7. The highest BCUT2D eigenvalue weighted by atomic mass is 32.1. The lowest BCUT2D eigenvalue weighted by atomic mass is 10.1. The number of hydrogen-bond donors (Lipinski definition) is 0. The molecular weight excluding hydrogens is 525 g/mol. The molecule has 0 bridgehead atoms. The van der Waals surface area contributed by atoms with Gasteiger partial charge in [0.1, 0.15) is 23.4 Å². The number of benzene rings is 1. The molecule has 5 aromatic rings. The number of ether oxygens (including phenoxy) is 1. The van der Waals surface area contributed by atoms with Crippen LogP contribution in [-0.4, -0.2) is 19.5 Å². The van der Waals surface area contributed by atoms with E-state index in [2.05, 4.69) is 9.97 Å². The lowest BCUT2D eigenvalue weighted by Gasteiger charge is -2.16. The van der Waals surface area contributed by atoms with Crippen LogP contribution in [0.25, 0.3) is 21.3 Å². The molecule has 0 spiro atoms. The normalized spacial score (nSPS) is 11.3. The molecule has 0 fully saturated rings. The molecule has 5 rings (SSSR count). The molecule has 0 aliphatic heterocycles. The fourth-order valence-corrected chi connectivity index (χ4v) is 4.84. The highest BCUT2D eigenvalue weighted by molar-refractivity contribution is 7.13. The van der Waals surface area contributed by atoms with E-state index in [-0.39, 0.29) is 13.2 Å². The monoisotopic (exact) mass is 552 g/mol. The molecule has 0 radical (unpaired) electrons. The molecule has 0 amide bonds. The van der Waals surface area contributed by atoms with E-state index in [0.717, 1.165) is 37.7 Å². The number of aryl methyl sites for hydroxylation is 2. The molecule has 0 N–H and O–H groups in total. The van der Waals surface area contributed by atoms with Gasteiger partial charge in [-0.15, -0.1) is 11.3 Å². The number of nitrogens with zero attached hydrogens (tertiary/aromatic N) is 4. The van der Waals surface area contributed by atoms with Crippen LogP contribution in [0.1, 0.15) is 41.9 Å². The third kappa shape index (κ3) is 6.01. The van der Waals surface area contributed by atoms with Crippen LogP contribution >= 0.6 is 11.3 Å². The van der Waals surface area contributed by atoms with Crippen LogP contribution in [0, 0.1) is 13.8 Å². The van der Waals surface area contributed by atoms with E-state index < -0.39 is 17.3 Å². The topological polar surface area (TPSA) is 69.9 Å². The second-order valence-electron chi connectivity index (χ2n) is 8.52. The average Bonchev–Trinajstić information content (AvgIpc) is 3.45. The molecule has 0 saturated carbocycles. The van der Waals surface area contributed by atoms with Gasteiger partial charge < -0.3 is 9.30 Å². The number of aromatic nitrogens is 4. The summed E-state index contributed by atoms with van der Waals surface area (Å²) in [4.78, 5) is 26.7. The summed E-state index contributed by atoms with van der Waals surface area (Å²) in [5, 5.41) is 0.922. The second kappa shape index (κ2) is 11.8. The molecule has 4 aromatic heterocycles. The summed E-state index contributed by atoms with van der Waals surface area (Å²) >= 11 is 1.54. The highest BCUT2D eigenvalue weighted by Gasteiger charge is 2.34. The minimum atomic E-state index is -4.73. The summed E-state index contributed by atoms with van der Waals surface area (Å²) in [5.74, 6) is 0.567. The Labute approximate surface area is 227 Å². The number of pyridine rings is 3. The number of fused-ring (bicyclic) bond motifs is 1. The molecule has 0 aliphatic carbocycles. The Morgan fingerprint density at radius 1 is 1.08 bits per heavy atom. The van der Waals surface area contributed by atoms with Crippen molar-refractivity contribution in [1.82, 2.24) is 19.5 Å². The zero-order valence-corrected chi connectivity index (χ0v) is 22.7. The molecule has 0 saturated heterocycles. The van der Waals surface area contributed by atoms with Crippen molar-refractivity contribution in [2.45, 2.75) is 47.0 Å². The van der Waals surface area contributed by atoms with E-state index in [1.807, 2.05) is 58.2 Å². The number of rotatable bonds is 6. The van der Waals surface area contributed by atoms with Crippen LogP contribution in [0.3, 0.4) is 0 Å². The maximum absolute atomic E-state index is 13.2. The second-order valence-corrected chi connectivity index (χ2v) is 9.41. The van der Waals surface area contributed by atoms with Gasteiger partial charge >= 0.3 is 6.18 Å². The van der Waals surface area contributed by atoms with Gasteiger partial charge in [0, 0.05) is 40.8 Å². The summed E-state index contributed by atoms with van der Waals surface area (Å²) < 4.78 is 46.9. The standard InChI is InChI=1S/C27H21F3N4O2S.C2H6/c1-16-8-9-32-22(13-34-10-4-6-21(26(34)35)27(28,29)30)20(16)14-36-23-7-3-5-18-19(24-12-31-15-37-24)11-17(2)33-25(18)23;1-2/h3-12,15H,13-14H2,1-2H3;1-2H3. The van der Waals surface area contributed by atoms with Gasteiger partial charge in [0.15, 0.2) is 0 Å². The number of alkyl halides is 3. The molecule has 6 nitrogen and oxygen atoms in total. The third-order valence-electron chi connectivity index (χ3n) is 6.03. The minimum absolute atomic E-state index is 0.105. The zero-order valence-electron chi connectivity index (χ0n) is 21.9. The molecule has 39 heavy (non-hydrogen) atoms. The summed E-state index contributed by atoms with van der Waals surface area (Å²) in [6, 6.07) is 11.5. The van der Waals surface area contributed by atoms with Gasteiger partial charge in [0.2, 0.25) is 0 Å². The smallest absolute Gasteiger partial charge is 0.421 e. The fraction of sp³-hybridized carbons (Fsp3) is 0.241. The predicted molar refractivity (Wildman–Crippen MR) is 147 cm³/mol. The van der Waals surface area contributed by atoms with Crippen molar-refractivity contribution in [2.24, 2.45) is 0 Å². The zero-order chi connectivity index (χ0) is 28.2. The maximum Gasteiger partial charge on any atom is 0.421 e. The summed E-state index contributed by atoms with van der Waals surface area (Å²) in [6.45, 7) is 7.77. The van der Waals surface area contributed by atoms with Crippen LogP contribution < -0.4 is 10.3 Å². The van der Waals surface area contributed by atoms with E-state index in [9.17, 15) is 18.0 Å². The van der Waals surface area contributed by atoms with Gasteiger partial charge in [-0.2, -0.15) is 13.2 Å². The van der Waals surface area contributed by atoms with Crippen molar-refractivity contribution in [3.05, 3.63) is 105 Å². The first kappa shape index (κ1) is 28.0. The molecule has 202 valence electrons. The van der Waals surface area contributed by atoms with Crippen molar-refractivity contribution in [1.29, 1.82) is 0 Å². The Morgan fingerprint density at radius 3 is 2.59 bits per heavy atom. The number of thiazole rings is 1. The third-order valence-corrected chi connectivity index (χ3v) is 6.83. The van der Waals surface area contributed by atoms with Gasteiger partial charge in [0.05, 0.1) is 22.6 Å². The summed E-state index contributed by atoms with van der Waals surface area (Å²) in [5.41, 5.74) is 3.98. The van der Waals surface area contributed by atoms with E-state index in [0.29, 0.717) is 22.5 Å². The SMILES string of the molecule is CC.Cc1cc(-c2cncs2)c2cccc(OCc3c(C)ccnc3Cn3cccc(C(F)(F)F)c3=O)c2n1. The number of halogens is 3. The Balaban J connectivity index is 0.00000172. The molecule has 0 aliphatic rings. The molecular formula is C29H27F3N4O2S. The van der Waals surface area contributed by atoms with Gasteiger partial charge in [0.25, 0.3) is 5.56 Å². The first-order valence-electron chi connectivity index (χ1n) is 12.3. The van der Waals surface area contributed by atoms with Gasteiger partial charge in [-0.25, -0.2) is 4.98 Å². The molecule has 1 aromatic carbocycles. The van der Waals surface area contributed by atoms with Gasteiger partial charge in [-0.1, -0.05) is 26.0 Å². The van der Waals surface area contributed by atoms with Crippen molar-refractivity contribution < 1.29 is 17.9 Å². The van der Waals surface area contributed by atoms with Crippen LogP contribution in [-0.2, 0) is 19.3 Å². The minimum Gasteiger partial charge on any atom is -0.487 e. The van der Waals surface area contributed by atoms with Gasteiger partial charge in [-0.3, -0.25) is 14.8 Å². The van der Waals surface area contributed by atoms with E-state index in [1.165, 1.54) is 23.6 Å². The maximum atomic E-state index is 13.2. The Hall–Kier alpha value is -4.05. The van der Waals surface area contributed by atoms with Crippen LogP contribution in [0.5, 0.6) is 5.75 Å². The molecule has 0 unspecified atom stereocenters. The first-order valence-corrected chi connectivity index (χ1v) is 13.2. The average molecular weight is 553 g/mol. The quantitative estimate of drug-likeness (QED) is 0.223. The summed E-state index contributed by atoms with van der Waals surface area (Å²) in [6.07, 6.45) is -0.0292. The van der Waals surface area contributed by atoms with Gasteiger partial charge in [-0.05, 0) is 49.7 Å². The van der Waals surface area contributed by atoms with E-state index in [4.69, 9.17) is 9.72 Å². The van der Waals surface area contributed by atoms with Crippen molar-refractivity contribution in [3.8, 4) is 16.2 Å². The Bertz CT molecular complexity index is 1650. The van der Waals surface area contributed by atoms with E-state index >= 15 is 0 Å². The van der Waals surface area contributed by atoms with Crippen LogP contribution in [0.15, 0.2) is 71.4 Å². The van der Waals surface area contributed by atoms with Crippen molar-refractivity contribution in [2.75, 3.05) is 0 Å². The Kier molecular flexibility index (Phi) is 8.44. The lowest BCUT2D eigenvalue weighted by Crippen LogP contribution is -2.29.